The Morgan fingerprint density at radius 1 is 1.18 bits per heavy atom. The quantitative estimate of drug-likeness (QED) is 0.492. The molecule has 0 unspecified atom stereocenters. The second-order valence-electron chi connectivity index (χ2n) is 6.55. The molecule has 0 fully saturated rings. The predicted octanol–water partition coefficient (Wildman–Crippen LogP) is 5.75. The lowest BCUT2D eigenvalue weighted by Crippen LogP contribution is -2.25. The van der Waals surface area contributed by atoms with Crippen LogP contribution in [0.2, 0.25) is 5.02 Å². The summed E-state index contributed by atoms with van der Waals surface area (Å²) < 4.78 is 21.6. The second-order valence-corrected chi connectivity index (χ2v) is 6.96. The number of hydrogen-bond donors (Lipinski definition) is 0. The summed E-state index contributed by atoms with van der Waals surface area (Å²) >= 11 is 6.11. The number of esters is 1. The van der Waals surface area contributed by atoms with Gasteiger partial charge >= 0.3 is 5.97 Å². The van der Waals surface area contributed by atoms with Crippen molar-refractivity contribution in [3.8, 4) is 5.69 Å². The van der Waals surface area contributed by atoms with E-state index in [2.05, 4.69) is 0 Å². The van der Waals surface area contributed by atoms with E-state index in [1.54, 1.807) is 13.0 Å². The Labute approximate surface area is 169 Å². The number of fused-ring (bicyclic) bond motifs is 1. The normalized spacial score (nSPS) is 11.1. The topological polar surface area (TPSA) is 34.5 Å². The zero-order valence-electron chi connectivity index (χ0n) is 16.6. The molecule has 148 valence electrons. The molecule has 4 nitrogen and oxygen atoms in total. The standard InChI is InChI=1S/C22H24ClFN2O2/c1-5-25(6-2)20-16-12-18(24)17(23)13-19(16)26(21(20)22(27)28-7-3)15-10-8-9-14(4)11-15/h8-13H,5-7H2,1-4H3. The van der Waals surface area contributed by atoms with E-state index in [0.29, 0.717) is 35.4 Å². The van der Waals surface area contributed by atoms with Crippen molar-refractivity contribution < 1.29 is 13.9 Å². The number of rotatable bonds is 6. The first-order valence-corrected chi connectivity index (χ1v) is 9.83. The van der Waals surface area contributed by atoms with E-state index in [4.69, 9.17) is 16.3 Å². The molecule has 0 aliphatic carbocycles. The van der Waals surface area contributed by atoms with Crippen LogP contribution in [-0.2, 0) is 4.74 Å². The first-order valence-electron chi connectivity index (χ1n) is 9.45. The minimum atomic E-state index is -0.514. The monoisotopic (exact) mass is 402 g/mol. The van der Waals surface area contributed by atoms with Gasteiger partial charge < -0.3 is 14.2 Å². The van der Waals surface area contributed by atoms with Gasteiger partial charge in [0, 0.05) is 24.2 Å². The number of nitrogens with zero attached hydrogens (tertiary/aromatic N) is 2. The number of hydrogen-bond acceptors (Lipinski definition) is 3. The van der Waals surface area contributed by atoms with Crippen molar-refractivity contribution in [1.29, 1.82) is 0 Å². The van der Waals surface area contributed by atoms with Crippen LogP contribution >= 0.6 is 11.6 Å². The molecule has 0 amide bonds. The minimum absolute atomic E-state index is 0.0143. The molecule has 0 saturated heterocycles. The summed E-state index contributed by atoms with van der Waals surface area (Å²) in [5.41, 5.74) is 3.56. The van der Waals surface area contributed by atoms with Crippen LogP contribution in [0.1, 0.15) is 36.8 Å². The molecule has 0 N–H and O–H groups in total. The summed E-state index contributed by atoms with van der Waals surface area (Å²) in [6, 6.07) is 10.8. The van der Waals surface area contributed by atoms with Crippen molar-refractivity contribution in [2.45, 2.75) is 27.7 Å². The van der Waals surface area contributed by atoms with Crippen LogP contribution in [0.25, 0.3) is 16.6 Å². The van der Waals surface area contributed by atoms with E-state index in [9.17, 15) is 9.18 Å². The minimum Gasteiger partial charge on any atom is -0.461 e. The Morgan fingerprint density at radius 3 is 2.50 bits per heavy atom. The molecule has 3 rings (SSSR count). The van der Waals surface area contributed by atoms with Crippen molar-refractivity contribution in [1.82, 2.24) is 4.57 Å². The van der Waals surface area contributed by atoms with Crippen molar-refractivity contribution in [2.24, 2.45) is 0 Å². The van der Waals surface area contributed by atoms with Gasteiger partial charge in [0.15, 0.2) is 5.69 Å². The first kappa shape index (κ1) is 20.2. The van der Waals surface area contributed by atoms with Crippen molar-refractivity contribution in [3.63, 3.8) is 0 Å². The predicted molar refractivity (Wildman–Crippen MR) is 112 cm³/mol. The molecule has 0 aliphatic rings. The van der Waals surface area contributed by atoms with Crippen LogP contribution in [0.3, 0.4) is 0 Å². The molecule has 6 heteroatoms. The molecule has 0 radical (unpaired) electrons. The summed E-state index contributed by atoms with van der Waals surface area (Å²) in [7, 11) is 0. The Kier molecular flexibility index (Phi) is 5.94. The number of carbonyl (C=O) groups is 1. The van der Waals surface area contributed by atoms with Crippen LogP contribution in [0, 0.1) is 12.7 Å². The van der Waals surface area contributed by atoms with Gasteiger partial charge in [-0.3, -0.25) is 0 Å². The van der Waals surface area contributed by atoms with E-state index >= 15 is 0 Å². The van der Waals surface area contributed by atoms with Gasteiger partial charge in [-0.2, -0.15) is 0 Å². The number of aromatic nitrogens is 1. The first-order chi connectivity index (χ1) is 13.4. The fourth-order valence-electron chi connectivity index (χ4n) is 3.55. The summed E-state index contributed by atoms with van der Waals surface area (Å²) in [4.78, 5) is 15.1. The van der Waals surface area contributed by atoms with E-state index < -0.39 is 11.8 Å². The summed E-state index contributed by atoms with van der Waals surface area (Å²) in [6.45, 7) is 9.34. The highest BCUT2D eigenvalue weighted by Crippen LogP contribution is 2.39. The zero-order valence-corrected chi connectivity index (χ0v) is 17.3. The van der Waals surface area contributed by atoms with Gasteiger partial charge in [-0.1, -0.05) is 23.7 Å². The third-order valence-corrected chi connectivity index (χ3v) is 5.08. The van der Waals surface area contributed by atoms with Gasteiger partial charge in [-0.15, -0.1) is 0 Å². The third-order valence-electron chi connectivity index (χ3n) is 4.79. The lowest BCUT2D eigenvalue weighted by atomic mass is 10.2. The van der Waals surface area contributed by atoms with Crippen LogP contribution in [0.15, 0.2) is 36.4 Å². The molecular formula is C22H24ClFN2O2. The number of halogens is 2. The second kappa shape index (κ2) is 8.23. The average molecular weight is 403 g/mol. The lowest BCUT2D eigenvalue weighted by Gasteiger charge is -2.22. The maximum Gasteiger partial charge on any atom is 0.357 e. The highest BCUT2D eigenvalue weighted by atomic mass is 35.5. The molecule has 3 aromatic rings. The lowest BCUT2D eigenvalue weighted by molar-refractivity contribution is 0.0518. The smallest absolute Gasteiger partial charge is 0.357 e. The molecule has 0 spiro atoms. The SMILES string of the molecule is CCOC(=O)c1c(N(CC)CC)c2cc(F)c(Cl)cc2n1-c1cccc(C)c1. The number of carbonyl (C=O) groups excluding carboxylic acids is 1. The van der Waals surface area contributed by atoms with Gasteiger partial charge in [0.2, 0.25) is 0 Å². The number of aryl methyl sites for hydroxylation is 1. The number of ether oxygens (including phenoxy) is 1. The fourth-order valence-corrected chi connectivity index (χ4v) is 3.71. The molecule has 28 heavy (non-hydrogen) atoms. The molecule has 0 atom stereocenters. The van der Waals surface area contributed by atoms with E-state index in [0.717, 1.165) is 11.3 Å². The Morgan fingerprint density at radius 2 is 1.89 bits per heavy atom. The maximum absolute atomic E-state index is 14.4. The van der Waals surface area contributed by atoms with Gasteiger partial charge in [0.05, 0.1) is 22.8 Å². The molecule has 1 heterocycles. The van der Waals surface area contributed by atoms with Crippen LogP contribution in [0.5, 0.6) is 0 Å². The largest absolute Gasteiger partial charge is 0.461 e. The summed E-state index contributed by atoms with van der Waals surface area (Å²) in [6.07, 6.45) is 0. The van der Waals surface area contributed by atoms with E-state index in [1.807, 2.05) is 54.5 Å². The summed E-state index contributed by atoms with van der Waals surface area (Å²) in [5, 5.41) is 0.649. The van der Waals surface area contributed by atoms with Gasteiger partial charge in [-0.05, 0) is 57.5 Å². The Bertz CT molecular complexity index is 1030. The fraction of sp³-hybridized carbons (Fsp3) is 0.318. The van der Waals surface area contributed by atoms with E-state index in [1.165, 1.54) is 6.07 Å². The maximum atomic E-state index is 14.4. The van der Waals surface area contributed by atoms with Crippen molar-refractivity contribution in [3.05, 3.63) is 58.5 Å². The van der Waals surface area contributed by atoms with Crippen LogP contribution in [0.4, 0.5) is 10.1 Å². The number of benzene rings is 2. The molecule has 0 aliphatic heterocycles. The highest BCUT2D eigenvalue weighted by Gasteiger charge is 2.28. The van der Waals surface area contributed by atoms with E-state index in [-0.39, 0.29) is 11.6 Å². The van der Waals surface area contributed by atoms with Gasteiger partial charge in [0.1, 0.15) is 5.82 Å². The van der Waals surface area contributed by atoms with Gasteiger partial charge in [-0.25, -0.2) is 9.18 Å². The molecular weight excluding hydrogens is 379 g/mol. The van der Waals surface area contributed by atoms with Crippen molar-refractivity contribution >= 4 is 34.2 Å². The summed E-state index contributed by atoms with van der Waals surface area (Å²) in [5.74, 6) is -0.960. The highest BCUT2D eigenvalue weighted by molar-refractivity contribution is 6.31. The van der Waals surface area contributed by atoms with Crippen LogP contribution < -0.4 is 4.90 Å². The molecule has 0 bridgehead atoms. The molecule has 0 saturated carbocycles. The Balaban J connectivity index is 2.49. The van der Waals surface area contributed by atoms with Crippen LogP contribution in [-0.4, -0.2) is 30.2 Å². The number of anilines is 1. The Hall–Kier alpha value is -2.53. The molecule has 1 aromatic heterocycles. The molecule has 2 aromatic carbocycles. The third kappa shape index (κ3) is 3.47. The zero-order chi connectivity index (χ0) is 20.4. The van der Waals surface area contributed by atoms with Gasteiger partial charge in [0.25, 0.3) is 0 Å². The average Bonchev–Trinajstić information content (AvgIpc) is 2.98. The van der Waals surface area contributed by atoms with Crippen molar-refractivity contribution in [2.75, 3.05) is 24.6 Å².